The SMILES string of the molecule is CCC(Br)CCNC(C)COC. The Labute approximate surface area is 84.2 Å². The van der Waals surface area contributed by atoms with Crippen LogP contribution >= 0.6 is 15.9 Å². The Hall–Kier alpha value is 0.400. The number of hydrogen-bond donors (Lipinski definition) is 1. The quantitative estimate of drug-likeness (QED) is 0.686. The van der Waals surface area contributed by atoms with Gasteiger partial charge in [-0.2, -0.15) is 0 Å². The summed E-state index contributed by atoms with van der Waals surface area (Å²) in [4.78, 5) is 0.653. The molecule has 74 valence electrons. The van der Waals surface area contributed by atoms with Gasteiger partial charge in [0.2, 0.25) is 0 Å². The minimum atomic E-state index is 0.464. The van der Waals surface area contributed by atoms with E-state index in [-0.39, 0.29) is 0 Å². The van der Waals surface area contributed by atoms with Gasteiger partial charge in [-0.3, -0.25) is 0 Å². The van der Waals surface area contributed by atoms with Gasteiger partial charge in [0.05, 0.1) is 6.61 Å². The lowest BCUT2D eigenvalue weighted by molar-refractivity contribution is 0.172. The summed E-state index contributed by atoms with van der Waals surface area (Å²) in [5.74, 6) is 0. The molecule has 0 saturated heterocycles. The van der Waals surface area contributed by atoms with Gasteiger partial charge in [0.25, 0.3) is 0 Å². The molecule has 12 heavy (non-hydrogen) atoms. The van der Waals surface area contributed by atoms with Crippen molar-refractivity contribution in [3.63, 3.8) is 0 Å². The molecule has 0 aromatic heterocycles. The average molecular weight is 238 g/mol. The number of hydrogen-bond acceptors (Lipinski definition) is 2. The number of alkyl halides is 1. The van der Waals surface area contributed by atoms with E-state index in [4.69, 9.17) is 4.74 Å². The van der Waals surface area contributed by atoms with E-state index in [9.17, 15) is 0 Å². The van der Waals surface area contributed by atoms with E-state index in [1.807, 2.05) is 0 Å². The zero-order chi connectivity index (χ0) is 9.40. The molecule has 0 fully saturated rings. The van der Waals surface area contributed by atoms with Crippen LogP contribution in [0.2, 0.25) is 0 Å². The van der Waals surface area contributed by atoms with Gasteiger partial charge < -0.3 is 10.1 Å². The smallest absolute Gasteiger partial charge is 0.0613 e. The highest BCUT2D eigenvalue weighted by Gasteiger charge is 2.02. The number of halogens is 1. The average Bonchev–Trinajstić information content (AvgIpc) is 2.04. The molecule has 0 amide bonds. The minimum absolute atomic E-state index is 0.464. The maximum Gasteiger partial charge on any atom is 0.0613 e. The van der Waals surface area contributed by atoms with Gasteiger partial charge in [-0.05, 0) is 26.3 Å². The molecule has 0 aliphatic heterocycles. The lowest BCUT2D eigenvalue weighted by Gasteiger charge is -2.13. The molecule has 0 aliphatic rings. The van der Waals surface area contributed by atoms with E-state index < -0.39 is 0 Å². The van der Waals surface area contributed by atoms with Gasteiger partial charge in [0.15, 0.2) is 0 Å². The van der Waals surface area contributed by atoms with Crippen molar-refractivity contribution in [2.75, 3.05) is 20.3 Å². The Bertz CT molecular complexity index is 101. The van der Waals surface area contributed by atoms with Gasteiger partial charge in [-0.15, -0.1) is 0 Å². The van der Waals surface area contributed by atoms with Crippen molar-refractivity contribution in [1.29, 1.82) is 0 Å². The number of rotatable bonds is 7. The van der Waals surface area contributed by atoms with E-state index in [1.54, 1.807) is 7.11 Å². The first-order chi connectivity index (χ1) is 5.70. The van der Waals surface area contributed by atoms with Gasteiger partial charge in [0.1, 0.15) is 0 Å². The van der Waals surface area contributed by atoms with Crippen LogP contribution in [0.1, 0.15) is 26.7 Å². The highest BCUT2D eigenvalue weighted by molar-refractivity contribution is 9.09. The lowest BCUT2D eigenvalue weighted by Crippen LogP contribution is -2.31. The Morgan fingerprint density at radius 1 is 1.50 bits per heavy atom. The molecule has 0 aromatic carbocycles. The van der Waals surface area contributed by atoms with Crippen LogP contribution in [0.25, 0.3) is 0 Å². The second-order valence-corrected chi connectivity index (χ2v) is 4.40. The van der Waals surface area contributed by atoms with E-state index in [2.05, 4.69) is 35.1 Å². The fourth-order valence-electron chi connectivity index (χ4n) is 0.999. The van der Waals surface area contributed by atoms with Crippen LogP contribution in [0.15, 0.2) is 0 Å². The molecular weight excluding hydrogens is 218 g/mol. The maximum absolute atomic E-state index is 5.01. The molecule has 0 aromatic rings. The summed E-state index contributed by atoms with van der Waals surface area (Å²) in [7, 11) is 1.73. The molecule has 2 nitrogen and oxygen atoms in total. The molecule has 0 aliphatic carbocycles. The first-order valence-electron chi connectivity index (χ1n) is 4.57. The molecular formula is C9H20BrNO. The normalized spacial score (nSPS) is 16.0. The predicted molar refractivity (Wildman–Crippen MR) is 57.0 cm³/mol. The molecule has 3 heteroatoms. The third-order valence-corrected chi connectivity index (χ3v) is 2.92. The zero-order valence-electron chi connectivity index (χ0n) is 8.27. The minimum Gasteiger partial charge on any atom is -0.383 e. The van der Waals surface area contributed by atoms with E-state index >= 15 is 0 Å². The van der Waals surface area contributed by atoms with Crippen molar-refractivity contribution < 1.29 is 4.74 Å². The van der Waals surface area contributed by atoms with Crippen molar-refractivity contribution in [2.24, 2.45) is 0 Å². The first kappa shape index (κ1) is 12.4. The highest BCUT2D eigenvalue weighted by atomic mass is 79.9. The van der Waals surface area contributed by atoms with E-state index in [0.29, 0.717) is 10.9 Å². The monoisotopic (exact) mass is 237 g/mol. The Balaban J connectivity index is 3.18. The largest absolute Gasteiger partial charge is 0.383 e. The lowest BCUT2D eigenvalue weighted by atomic mass is 10.2. The summed E-state index contributed by atoms with van der Waals surface area (Å²) in [6, 6.07) is 0.464. The molecule has 1 N–H and O–H groups in total. The molecule has 0 radical (unpaired) electrons. The summed E-state index contributed by atoms with van der Waals surface area (Å²) in [5, 5.41) is 3.39. The second-order valence-electron chi connectivity index (χ2n) is 3.10. The van der Waals surface area contributed by atoms with Crippen LogP contribution < -0.4 is 5.32 Å². The third kappa shape index (κ3) is 7.07. The van der Waals surface area contributed by atoms with Gasteiger partial charge >= 0.3 is 0 Å². The Kier molecular flexibility index (Phi) is 8.29. The van der Waals surface area contributed by atoms with Crippen molar-refractivity contribution in [1.82, 2.24) is 5.32 Å². The highest BCUT2D eigenvalue weighted by Crippen LogP contribution is 2.07. The molecule has 0 heterocycles. The molecule has 2 unspecified atom stereocenters. The predicted octanol–water partition coefficient (Wildman–Crippen LogP) is 2.17. The van der Waals surface area contributed by atoms with Crippen molar-refractivity contribution >= 4 is 15.9 Å². The van der Waals surface area contributed by atoms with Crippen molar-refractivity contribution in [2.45, 2.75) is 37.6 Å². The summed E-state index contributed by atoms with van der Waals surface area (Å²) in [6.45, 7) is 6.18. The molecule has 0 spiro atoms. The molecule has 0 rings (SSSR count). The zero-order valence-corrected chi connectivity index (χ0v) is 9.86. The first-order valence-corrected chi connectivity index (χ1v) is 5.48. The van der Waals surface area contributed by atoms with Crippen LogP contribution in [0.5, 0.6) is 0 Å². The van der Waals surface area contributed by atoms with Gasteiger partial charge in [0, 0.05) is 18.0 Å². The molecule has 0 bridgehead atoms. The molecule has 2 atom stereocenters. The Morgan fingerprint density at radius 3 is 2.67 bits per heavy atom. The van der Waals surface area contributed by atoms with Crippen LogP contribution in [0.3, 0.4) is 0 Å². The number of methoxy groups -OCH3 is 1. The van der Waals surface area contributed by atoms with E-state index in [0.717, 1.165) is 13.2 Å². The fraction of sp³-hybridized carbons (Fsp3) is 1.00. The van der Waals surface area contributed by atoms with Crippen LogP contribution in [-0.4, -0.2) is 31.1 Å². The number of ether oxygens (including phenoxy) is 1. The number of nitrogens with one attached hydrogen (secondary N) is 1. The van der Waals surface area contributed by atoms with Crippen molar-refractivity contribution in [3.05, 3.63) is 0 Å². The summed E-state index contributed by atoms with van der Waals surface area (Å²) in [5.41, 5.74) is 0. The van der Waals surface area contributed by atoms with Crippen LogP contribution in [-0.2, 0) is 4.74 Å². The summed E-state index contributed by atoms with van der Waals surface area (Å²) >= 11 is 3.59. The summed E-state index contributed by atoms with van der Waals surface area (Å²) < 4.78 is 5.01. The maximum atomic E-state index is 5.01. The fourth-order valence-corrected chi connectivity index (χ4v) is 1.23. The third-order valence-electron chi connectivity index (χ3n) is 1.81. The van der Waals surface area contributed by atoms with E-state index in [1.165, 1.54) is 12.8 Å². The van der Waals surface area contributed by atoms with Crippen LogP contribution in [0.4, 0.5) is 0 Å². The Morgan fingerprint density at radius 2 is 2.17 bits per heavy atom. The van der Waals surface area contributed by atoms with Gasteiger partial charge in [-0.25, -0.2) is 0 Å². The molecule has 0 saturated carbocycles. The van der Waals surface area contributed by atoms with Crippen molar-refractivity contribution in [3.8, 4) is 0 Å². The standard InChI is InChI=1S/C9H20BrNO/c1-4-9(10)5-6-11-8(2)7-12-3/h8-9,11H,4-7H2,1-3H3. The van der Waals surface area contributed by atoms with Gasteiger partial charge in [-0.1, -0.05) is 22.9 Å². The van der Waals surface area contributed by atoms with Crippen LogP contribution in [0, 0.1) is 0 Å². The second kappa shape index (κ2) is 8.02. The summed E-state index contributed by atoms with van der Waals surface area (Å²) in [6.07, 6.45) is 2.38. The topological polar surface area (TPSA) is 21.3 Å².